The summed E-state index contributed by atoms with van der Waals surface area (Å²) in [4.78, 5) is 49.1. The highest BCUT2D eigenvalue weighted by molar-refractivity contribution is 5.68. The van der Waals surface area contributed by atoms with Gasteiger partial charge in [0.2, 0.25) is 0 Å². The van der Waals surface area contributed by atoms with E-state index in [1.165, 1.54) is 25.7 Å². The maximum atomic E-state index is 13.6. The predicted molar refractivity (Wildman–Crippen MR) is 165 cm³/mol. The van der Waals surface area contributed by atoms with Gasteiger partial charge in [-0.15, -0.1) is 0 Å². The Morgan fingerprint density at radius 2 is 1.65 bits per heavy atom. The van der Waals surface area contributed by atoms with Crippen LogP contribution in [0.25, 0.3) is 0 Å². The topological polar surface area (TPSA) is 96.0 Å². The Balaban J connectivity index is 1.76. The van der Waals surface area contributed by atoms with Gasteiger partial charge in [0.05, 0.1) is 6.61 Å². The molecule has 0 spiro atoms. The zero-order valence-corrected chi connectivity index (χ0v) is 27.9. The highest BCUT2D eigenvalue weighted by Crippen LogP contribution is 2.75. The lowest BCUT2D eigenvalue weighted by molar-refractivity contribution is -0.193. The normalized spacial score (nSPS) is 39.0. The van der Waals surface area contributed by atoms with Gasteiger partial charge in [0.1, 0.15) is 18.5 Å². The zero-order chi connectivity index (χ0) is 32.0. The van der Waals surface area contributed by atoms with Crippen LogP contribution in [0.5, 0.6) is 0 Å². The SMILES string of the molecule is CC(=O)O[C@H]1C=C2[C@@H](CC[C@H](COC=O)C2(C)C)[C@]2(C=O)CC[C@]3(C)[C@@H]([C@H](C)C[C@H](C=C(C)C)OC(C)=O)CC[C@@]3(C)[C@H]12. The average molecular weight is 599 g/mol. The fraction of sp³-hybridized carbons (Fsp3) is 0.778. The van der Waals surface area contributed by atoms with Crippen LogP contribution in [0.4, 0.5) is 0 Å². The van der Waals surface area contributed by atoms with E-state index >= 15 is 0 Å². The molecule has 0 aromatic carbocycles. The van der Waals surface area contributed by atoms with Crippen LogP contribution in [0, 0.1) is 51.2 Å². The minimum absolute atomic E-state index is 0.0631. The van der Waals surface area contributed by atoms with Crippen LogP contribution in [-0.4, -0.2) is 43.5 Å². The fourth-order valence-electron chi connectivity index (χ4n) is 10.6. The molecule has 0 saturated heterocycles. The molecule has 4 rings (SSSR count). The molecule has 0 N–H and O–H groups in total. The van der Waals surface area contributed by atoms with Gasteiger partial charge in [0.25, 0.3) is 6.47 Å². The van der Waals surface area contributed by atoms with Gasteiger partial charge >= 0.3 is 11.9 Å². The second-order valence-corrected chi connectivity index (χ2v) is 15.5. The molecular formula is C36H54O7. The first kappa shape index (κ1) is 33.5. The van der Waals surface area contributed by atoms with Crippen LogP contribution in [-0.2, 0) is 33.4 Å². The standard InChI is InChI=1S/C36H54O7/c1-22(2)16-27(42-24(4)39)17-23(3)28-12-13-35(9)32-31(43-25(5)40)18-30-29(36(32,20-37)15-14-34(28,35)8)11-10-26(19-41-21-38)33(30,6)7/h16,18,20-21,23,26-29,31-32H,10-15,17,19H2,1-9H3/t23-,26-,27+,28-,29-,31+,32+,34-,35+,36-/m1/s1. The van der Waals surface area contributed by atoms with E-state index in [1.54, 1.807) is 0 Å². The van der Waals surface area contributed by atoms with Gasteiger partial charge in [-0.05, 0) is 105 Å². The molecule has 43 heavy (non-hydrogen) atoms. The summed E-state index contributed by atoms with van der Waals surface area (Å²) < 4.78 is 17.1. The smallest absolute Gasteiger partial charge is 0.303 e. The quantitative estimate of drug-likeness (QED) is 0.115. The molecule has 0 unspecified atom stereocenters. The van der Waals surface area contributed by atoms with Crippen molar-refractivity contribution in [2.24, 2.45) is 51.2 Å². The van der Waals surface area contributed by atoms with Crippen molar-refractivity contribution in [3.63, 3.8) is 0 Å². The Morgan fingerprint density at radius 3 is 2.23 bits per heavy atom. The van der Waals surface area contributed by atoms with Crippen molar-refractivity contribution in [2.45, 2.75) is 119 Å². The molecule has 4 aliphatic carbocycles. The summed E-state index contributed by atoms with van der Waals surface area (Å²) in [6.07, 6.45) is 10.8. The number of fused-ring (bicyclic) bond motifs is 5. The number of allylic oxidation sites excluding steroid dienone is 2. The highest BCUT2D eigenvalue weighted by atomic mass is 16.5. The minimum Gasteiger partial charge on any atom is -0.468 e. The average Bonchev–Trinajstić information content (AvgIpc) is 3.18. The molecule has 0 aromatic rings. The monoisotopic (exact) mass is 598 g/mol. The van der Waals surface area contributed by atoms with Crippen LogP contribution in [0.2, 0.25) is 0 Å². The third-order valence-corrected chi connectivity index (χ3v) is 12.7. The fourth-order valence-corrected chi connectivity index (χ4v) is 10.6. The Kier molecular flexibility index (Phi) is 9.46. The van der Waals surface area contributed by atoms with Crippen molar-refractivity contribution in [3.05, 3.63) is 23.3 Å². The first-order valence-corrected chi connectivity index (χ1v) is 16.3. The Bertz CT molecular complexity index is 1160. The number of hydrogen-bond acceptors (Lipinski definition) is 7. The zero-order valence-electron chi connectivity index (χ0n) is 27.9. The number of aldehydes is 1. The van der Waals surface area contributed by atoms with E-state index in [2.05, 4.69) is 46.8 Å². The summed E-state index contributed by atoms with van der Waals surface area (Å²) in [6, 6.07) is 0. The molecule has 0 amide bonds. The van der Waals surface area contributed by atoms with Gasteiger partial charge in [0, 0.05) is 31.1 Å². The van der Waals surface area contributed by atoms with E-state index < -0.39 is 11.5 Å². The van der Waals surface area contributed by atoms with Crippen molar-refractivity contribution >= 4 is 24.7 Å². The molecule has 7 heteroatoms. The molecule has 0 aliphatic heterocycles. The number of esters is 2. The summed E-state index contributed by atoms with van der Waals surface area (Å²) >= 11 is 0. The molecule has 7 nitrogen and oxygen atoms in total. The number of ether oxygens (including phenoxy) is 3. The lowest BCUT2D eigenvalue weighted by Crippen LogP contribution is -2.64. The van der Waals surface area contributed by atoms with Crippen molar-refractivity contribution in [2.75, 3.05) is 6.61 Å². The van der Waals surface area contributed by atoms with E-state index in [0.717, 1.165) is 50.5 Å². The molecule has 4 aliphatic rings. The molecule has 0 heterocycles. The summed E-state index contributed by atoms with van der Waals surface area (Å²) in [5, 5.41) is 0. The molecule has 240 valence electrons. The van der Waals surface area contributed by atoms with Crippen molar-refractivity contribution in [3.8, 4) is 0 Å². The van der Waals surface area contributed by atoms with Crippen LogP contribution < -0.4 is 0 Å². The maximum absolute atomic E-state index is 13.6. The molecule has 0 aromatic heterocycles. The van der Waals surface area contributed by atoms with E-state index in [-0.39, 0.29) is 52.0 Å². The summed E-state index contributed by atoms with van der Waals surface area (Å²) in [5.74, 6) is 0.131. The van der Waals surface area contributed by atoms with Gasteiger partial charge in [-0.3, -0.25) is 14.4 Å². The maximum Gasteiger partial charge on any atom is 0.303 e. The van der Waals surface area contributed by atoms with E-state index in [9.17, 15) is 19.2 Å². The van der Waals surface area contributed by atoms with Gasteiger partial charge < -0.3 is 19.0 Å². The lowest BCUT2D eigenvalue weighted by atomic mass is 9.38. The first-order valence-electron chi connectivity index (χ1n) is 16.3. The van der Waals surface area contributed by atoms with Crippen molar-refractivity contribution in [1.29, 1.82) is 0 Å². The number of hydrogen-bond donors (Lipinski definition) is 0. The van der Waals surface area contributed by atoms with Gasteiger partial charge in [0.15, 0.2) is 0 Å². The summed E-state index contributed by atoms with van der Waals surface area (Å²) in [7, 11) is 0. The summed E-state index contributed by atoms with van der Waals surface area (Å²) in [6.45, 7) is 19.2. The highest BCUT2D eigenvalue weighted by Gasteiger charge is 2.71. The first-order chi connectivity index (χ1) is 20.1. The third kappa shape index (κ3) is 5.63. The Morgan fingerprint density at radius 1 is 0.953 bits per heavy atom. The second-order valence-electron chi connectivity index (χ2n) is 15.5. The molecule has 3 fully saturated rings. The molecule has 3 saturated carbocycles. The van der Waals surface area contributed by atoms with Crippen LogP contribution in [0.3, 0.4) is 0 Å². The molecular weight excluding hydrogens is 544 g/mol. The second kappa shape index (κ2) is 12.2. The van der Waals surface area contributed by atoms with Crippen molar-refractivity contribution < 1.29 is 33.4 Å². The Labute approximate surface area is 258 Å². The van der Waals surface area contributed by atoms with Gasteiger partial charge in [-0.2, -0.15) is 0 Å². The van der Waals surface area contributed by atoms with E-state index in [1.807, 2.05) is 13.8 Å². The largest absolute Gasteiger partial charge is 0.468 e. The van der Waals surface area contributed by atoms with Crippen molar-refractivity contribution in [1.82, 2.24) is 0 Å². The molecule has 10 atom stereocenters. The molecule has 0 bridgehead atoms. The minimum atomic E-state index is -0.632. The molecule has 0 radical (unpaired) electrons. The van der Waals surface area contributed by atoms with E-state index in [0.29, 0.717) is 24.9 Å². The summed E-state index contributed by atoms with van der Waals surface area (Å²) in [5.41, 5.74) is 1.04. The number of rotatable bonds is 10. The predicted octanol–water partition coefficient (Wildman–Crippen LogP) is 7.03. The number of carbonyl (C=O) groups is 4. The van der Waals surface area contributed by atoms with Crippen LogP contribution in [0.15, 0.2) is 23.3 Å². The van der Waals surface area contributed by atoms with Crippen LogP contribution >= 0.6 is 0 Å². The van der Waals surface area contributed by atoms with E-state index in [4.69, 9.17) is 14.2 Å². The van der Waals surface area contributed by atoms with Gasteiger partial charge in [-0.25, -0.2) is 0 Å². The Hall–Kier alpha value is -2.44. The third-order valence-electron chi connectivity index (χ3n) is 12.7. The lowest BCUT2D eigenvalue weighted by Gasteiger charge is -2.66. The van der Waals surface area contributed by atoms with Crippen LogP contribution in [0.1, 0.15) is 107 Å². The number of carbonyl (C=O) groups excluding carboxylic acids is 4. The van der Waals surface area contributed by atoms with Gasteiger partial charge in [-0.1, -0.05) is 45.8 Å².